The molecule has 0 aliphatic heterocycles. The molecule has 1 rings (SSSR count). The van der Waals surface area contributed by atoms with Crippen molar-refractivity contribution in [1.29, 1.82) is 0 Å². The van der Waals surface area contributed by atoms with Crippen molar-refractivity contribution in [3.8, 4) is 0 Å². The second-order valence-electron chi connectivity index (χ2n) is 3.30. The Kier molecular flexibility index (Phi) is 4.27. The SMILES string of the molecule is COC(=O)c1ccc([C@H](N)CCN)cc1. The van der Waals surface area contributed by atoms with E-state index in [-0.39, 0.29) is 12.0 Å². The Hall–Kier alpha value is -1.39. The molecular formula is C11H16N2O2. The van der Waals surface area contributed by atoms with E-state index in [1.807, 2.05) is 12.1 Å². The van der Waals surface area contributed by atoms with E-state index >= 15 is 0 Å². The topological polar surface area (TPSA) is 78.3 Å². The van der Waals surface area contributed by atoms with E-state index < -0.39 is 0 Å². The number of benzene rings is 1. The number of carbonyl (C=O) groups is 1. The van der Waals surface area contributed by atoms with E-state index in [2.05, 4.69) is 4.74 Å². The van der Waals surface area contributed by atoms with Crippen molar-refractivity contribution in [1.82, 2.24) is 0 Å². The van der Waals surface area contributed by atoms with Gasteiger partial charge in [-0.2, -0.15) is 0 Å². The molecule has 1 aromatic rings. The first kappa shape index (κ1) is 11.7. The molecule has 0 aliphatic rings. The first-order valence-electron chi connectivity index (χ1n) is 4.83. The van der Waals surface area contributed by atoms with Crippen LogP contribution in [0, 0.1) is 0 Å². The van der Waals surface area contributed by atoms with Gasteiger partial charge in [-0.25, -0.2) is 4.79 Å². The fraction of sp³-hybridized carbons (Fsp3) is 0.364. The number of hydrogen-bond donors (Lipinski definition) is 2. The highest BCUT2D eigenvalue weighted by atomic mass is 16.5. The van der Waals surface area contributed by atoms with Crippen LogP contribution in [0.4, 0.5) is 0 Å². The molecule has 4 nitrogen and oxygen atoms in total. The Morgan fingerprint density at radius 3 is 2.47 bits per heavy atom. The molecule has 15 heavy (non-hydrogen) atoms. The van der Waals surface area contributed by atoms with Crippen molar-refractivity contribution in [3.63, 3.8) is 0 Å². The summed E-state index contributed by atoms with van der Waals surface area (Å²) >= 11 is 0. The van der Waals surface area contributed by atoms with Gasteiger partial charge in [-0.1, -0.05) is 12.1 Å². The normalized spacial score (nSPS) is 12.2. The van der Waals surface area contributed by atoms with Gasteiger partial charge in [-0.05, 0) is 30.7 Å². The minimum absolute atomic E-state index is 0.0679. The van der Waals surface area contributed by atoms with Crippen LogP contribution in [0.25, 0.3) is 0 Å². The number of carbonyl (C=O) groups excluding carboxylic acids is 1. The van der Waals surface area contributed by atoms with Crippen molar-refractivity contribution in [3.05, 3.63) is 35.4 Å². The molecule has 4 heteroatoms. The summed E-state index contributed by atoms with van der Waals surface area (Å²) < 4.78 is 4.59. The molecule has 0 saturated carbocycles. The largest absolute Gasteiger partial charge is 0.465 e. The molecule has 4 N–H and O–H groups in total. The molecule has 1 atom stereocenters. The average Bonchev–Trinajstić information content (AvgIpc) is 2.28. The van der Waals surface area contributed by atoms with E-state index in [1.54, 1.807) is 12.1 Å². The minimum atomic E-state index is -0.339. The molecule has 0 aliphatic carbocycles. The monoisotopic (exact) mass is 208 g/mol. The standard InChI is InChI=1S/C11H16N2O2/c1-15-11(14)9-4-2-8(3-5-9)10(13)6-7-12/h2-5,10H,6-7,12-13H2,1H3/t10-/m1/s1. The van der Waals surface area contributed by atoms with Crippen LogP contribution < -0.4 is 11.5 Å². The fourth-order valence-corrected chi connectivity index (χ4v) is 1.33. The lowest BCUT2D eigenvalue weighted by Crippen LogP contribution is -2.15. The summed E-state index contributed by atoms with van der Waals surface area (Å²) in [5.74, 6) is -0.339. The zero-order chi connectivity index (χ0) is 11.3. The molecule has 0 fully saturated rings. The van der Waals surface area contributed by atoms with Crippen LogP contribution in [0.1, 0.15) is 28.4 Å². The maximum Gasteiger partial charge on any atom is 0.337 e. The third kappa shape index (κ3) is 3.04. The minimum Gasteiger partial charge on any atom is -0.465 e. The molecule has 0 saturated heterocycles. The van der Waals surface area contributed by atoms with Gasteiger partial charge >= 0.3 is 5.97 Å². The van der Waals surface area contributed by atoms with Crippen LogP contribution in [-0.4, -0.2) is 19.6 Å². The number of esters is 1. The molecule has 0 amide bonds. The molecule has 0 spiro atoms. The lowest BCUT2D eigenvalue weighted by molar-refractivity contribution is 0.0600. The molecule has 0 radical (unpaired) electrons. The van der Waals surface area contributed by atoms with Gasteiger partial charge in [0.25, 0.3) is 0 Å². The van der Waals surface area contributed by atoms with Crippen molar-refractivity contribution >= 4 is 5.97 Å². The van der Waals surface area contributed by atoms with Gasteiger partial charge in [0.1, 0.15) is 0 Å². The third-order valence-electron chi connectivity index (χ3n) is 2.24. The summed E-state index contributed by atoms with van der Waals surface area (Å²) in [6.07, 6.45) is 0.734. The highest BCUT2D eigenvalue weighted by molar-refractivity contribution is 5.89. The van der Waals surface area contributed by atoms with Crippen molar-refractivity contribution < 1.29 is 9.53 Å². The average molecular weight is 208 g/mol. The van der Waals surface area contributed by atoms with Crippen molar-refractivity contribution in [2.45, 2.75) is 12.5 Å². The quantitative estimate of drug-likeness (QED) is 0.718. The molecule has 0 aromatic heterocycles. The zero-order valence-electron chi connectivity index (χ0n) is 8.77. The summed E-state index contributed by atoms with van der Waals surface area (Å²) in [5.41, 5.74) is 12.8. The van der Waals surface area contributed by atoms with Crippen LogP contribution in [0.3, 0.4) is 0 Å². The summed E-state index contributed by atoms with van der Waals surface area (Å²) in [6.45, 7) is 0.555. The Morgan fingerprint density at radius 1 is 1.40 bits per heavy atom. The number of methoxy groups -OCH3 is 1. The number of nitrogens with two attached hydrogens (primary N) is 2. The molecule has 0 unspecified atom stereocenters. The van der Waals surface area contributed by atoms with Crippen LogP contribution in [0.15, 0.2) is 24.3 Å². The van der Waals surface area contributed by atoms with Crippen LogP contribution in [-0.2, 0) is 4.74 Å². The summed E-state index contributed by atoms with van der Waals surface area (Å²) in [7, 11) is 1.36. The highest BCUT2D eigenvalue weighted by Gasteiger charge is 2.07. The molecule has 0 bridgehead atoms. The third-order valence-corrected chi connectivity index (χ3v) is 2.24. The Bertz CT molecular complexity index is 322. The van der Waals surface area contributed by atoms with Crippen LogP contribution in [0.5, 0.6) is 0 Å². The molecule has 82 valence electrons. The first-order chi connectivity index (χ1) is 7.19. The maximum atomic E-state index is 11.1. The van der Waals surface area contributed by atoms with Gasteiger partial charge in [0, 0.05) is 6.04 Å². The Morgan fingerprint density at radius 2 is 2.00 bits per heavy atom. The lowest BCUT2D eigenvalue weighted by atomic mass is 10.0. The number of rotatable bonds is 4. The zero-order valence-corrected chi connectivity index (χ0v) is 8.77. The highest BCUT2D eigenvalue weighted by Crippen LogP contribution is 2.14. The van der Waals surface area contributed by atoms with E-state index in [4.69, 9.17) is 11.5 Å². The fourth-order valence-electron chi connectivity index (χ4n) is 1.33. The second kappa shape index (κ2) is 5.48. The predicted molar refractivity (Wildman–Crippen MR) is 58.4 cm³/mol. The van der Waals surface area contributed by atoms with Crippen LogP contribution >= 0.6 is 0 Å². The first-order valence-corrected chi connectivity index (χ1v) is 4.83. The lowest BCUT2D eigenvalue weighted by Gasteiger charge is -2.10. The van der Waals surface area contributed by atoms with Gasteiger partial charge in [0.15, 0.2) is 0 Å². The molecular weight excluding hydrogens is 192 g/mol. The number of ether oxygens (including phenoxy) is 1. The van der Waals surface area contributed by atoms with Gasteiger partial charge < -0.3 is 16.2 Å². The molecule has 0 heterocycles. The Balaban J connectivity index is 2.76. The molecule has 1 aromatic carbocycles. The summed E-state index contributed by atoms with van der Waals surface area (Å²) in [6, 6.07) is 7.00. The van der Waals surface area contributed by atoms with Gasteiger partial charge in [-0.3, -0.25) is 0 Å². The number of hydrogen-bond acceptors (Lipinski definition) is 4. The van der Waals surface area contributed by atoms with Gasteiger partial charge in [-0.15, -0.1) is 0 Å². The van der Waals surface area contributed by atoms with Crippen LogP contribution in [0.2, 0.25) is 0 Å². The van der Waals surface area contributed by atoms with Gasteiger partial charge in [0.2, 0.25) is 0 Å². The Labute approximate surface area is 89.2 Å². The summed E-state index contributed by atoms with van der Waals surface area (Å²) in [5, 5.41) is 0. The van der Waals surface area contributed by atoms with Crippen molar-refractivity contribution in [2.75, 3.05) is 13.7 Å². The summed E-state index contributed by atoms with van der Waals surface area (Å²) in [4.78, 5) is 11.1. The predicted octanol–water partition coefficient (Wildman–Crippen LogP) is 0.822. The van der Waals surface area contributed by atoms with E-state index in [0.717, 1.165) is 12.0 Å². The second-order valence-corrected chi connectivity index (χ2v) is 3.30. The van der Waals surface area contributed by atoms with Gasteiger partial charge in [0.05, 0.1) is 12.7 Å². The van der Waals surface area contributed by atoms with E-state index in [1.165, 1.54) is 7.11 Å². The van der Waals surface area contributed by atoms with Crippen molar-refractivity contribution in [2.24, 2.45) is 11.5 Å². The van der Waals surface area contributed by atoms with E-state index in [9.17, 15) is 4.79 Å². The maximum absolute atomic E-state index is 11.1. The van der Waals surface area contributed by atoms with E-state index in [0.29, 0.717) is 12.1 Å². The smallest absolute Gasteiger partial charge is 0.337 e.